The van der Waals surface area contributed by atoms with Gasteiger partial charge in [0.25, 0.3) is 5.91 Å². The van der Waals surface area contributed by atoms with E-state index in [0.29, 0.717) is 24.6 Å². The summed E-state index contributed by atoms with van der Waals surface area (Å²) < 4.78 is 12.6. The van der Waals surface area contributed by atoms with Crippen LogP contribution in [0.15, 0.2) is 41.2 Å². The van der Waals surface area contributed by atoms with Crippen molar-refractivity contribution < 1.29 is 23.5 Å². The normalized spacial score (nSPS) is 19.7. The molecule has 40 heavy (non-hydrogen) atoms. The molecule has 2 aliphatic rings. The van der Waals surface area contributed by atoms with Crippen molar-refractivity contribution in [3.63, 3.8) is 0 Å². The zero-order valence-electron chi connectivity index (χ0n) is 23.1. The molecule has 2 fully saturated rings. The van der Waals surface area contributed by atoms with Gasteiger partial charge in [0.1, 0.15) is 12.1 Å². The lowest BCUT2D eigenvalue weighted by atomic mass is 9.91. The number of benzene rings is 1. The maximum Gasteiger partial charge on any atom is 0.315 e. The zero-order valence-corrected chi connectivity index (χ0v) is 23.1. The molecular formula is C30H39N5O5. The molecule has 3 amide bonds. The van der Waals surface area contributed by atoms with Crippen LogP contribution in [0.4, 0.5) is 4.79 Å². The quantitative estimate of drug-likeness (QED) is 0.319. The van der Waals surface area contributed by atoms with Crippen LogP contribution in [-0.2, 0) is 9.53 Å². The fourth-order valence-corrected chi connectivity index (χ4v) is 6.01. The largest absolute Gasteiger partial charge is 0.472 e. The number of esters is 1. The van der Waals surface area contributed by atoms with Crippen LogP contribution in [0.3, 0.4) is 0 Å². The molecule has 2 aliphatic carbocycles. The number of nitrogens with one attached hydrogen (secondary N) is 3. The van der Waals surface area contributed by atoms with Crippen molar-refractivity contribution in [2.75, 3.05) is 13.2 Å². The number of ether oxygens (including phenoxy) is 1. The summed E-state index contributed by atoms with van der Waals surface area (Å²) in [4.78, 5) is 41.9. The van der Waals surface area contributed by atoms with Gasteiger partial charge in [-0.1, -0.05) is 19.3 Å². The van der Waals surface area contributed by atoms with E-state index in [9.17, 15) is 14.4 Å². The van der Waals surface area contributed by atoms with Gasteiger partial charge in [0.2, 0.25) is 0 Å². The predicted molar refractivity (Wildman–Crippen MR) is 151 cm³/mol. The molecule has 5 rings (SSSR count). The molecule has 2 heterocycles. The number of nitrogens with zero attached hydrogens (tertiary/aromatic N) is 2. The number of rotatable bonds is 9. The third-order valence-electron chi connectivity index (χ3n) is 7.94. The highest BCUT2D eigenvalue weighted by atomic mass is 16.5. The molecule has 214 valence electrons. The summed E-state index contributed by atoms with van der Waals surface area (Å²) in [5, 5.41) is 8.84. The van der Waals surface area contributed by atoms with Gasteiger partial charge in [-0.3, -0.25) is 9.59 Å². The van der Waals surface area contributed by atoms with Crippen molar-refractivity contribution in [3.05, 3.63) is 42.4 Å². The summed E-state index contributed by atoms with van der Waals surface area (Å²) >= 11 is 0. The topological polar surface area (TPSA) is 127 Å². The second-order valence-electron chi connectivity index (χ2n) is 10.8. The molecule has 10 nitrogen and oxygen atoms in total. The van der Waals surface area contributed by atoms with Crippen molar-refractivity contribution in [2.24, 2.45) is 0 Å². The van der Waals surface area contributed by atoms with Crippen LogP contribution in [0.1, 0.15) is 87.5 Å². The molecule has 2 atom stereocenters. The molecule has 2 unspecified atom stereocenters. The number of carbonyl (C=O) groups is 3. The molecule has 2 aromatic heterocycles. The van der Waals surface area contributed by atoms with Crippen LogP contribution in [0.25, 0.3) is 22.4 Å². The minimum absolute atomic E-state index is 0.0388. The number of carbonyl (C=O) groups excluding carboxylic acids is 3. The molecule has 0 radical (unpaired) electrons. The van der Waals surface area contributed by atoms with E-state index >= 15 is 0 Å². The van der Waals surface area contributed by atoms with Crippen LogP contribution in [0, 0.1) is 0 Å². The van der Waals surface area contributed by atoms with Crippen molar-refractivity contribution in [3.8, 4) is 11.4 Å². The lowest BCUT2D eigenvalue weighted by Crippen LogP contribution is -2.48. The molecule has 0 aliphatic heterocycles. The SMILES string of the molecule is CCOC(=O)CCNC(=O)NC1CCCC(NC(=O)c2ccc3c(c2)nc(-c2ccoc2)n3C2CCCCC2)C1. The van der Waals surface area contributed by atoms with Crippen LogP contribution in [-0.4, -0.2) is 52.7 Å². The van der Waals surface area contributed by atoms with Crippen molar-refractivity contribution in [2.45, 2.75) is 89.3 Å². The molecule has 3 N–H and O–H groups in total. The molecule has 0 saturated heterocycles. The van der Waals surface area contributed by atoms with E-state index in [1.807, 2.05) is 24.3 Å². The molecule has 0 spiro atoms. The number of amides is 3. The Bertz CT molecular complexity index is 1310. The minimum atomic E-state index is -0.333. The number of aromatic nitrogens is 2. The maximum atomic E-state index is 13.3. The Labute approximate surface area is 234 Å². The average molecular weight is 550 g/mol. The van der Waals surface area contributed by atoms with Gasteiger partial charge in [-0.05, 0) is 69.7 Å². The summed E-state index contributed by atoms with van der Waals surface area (Å²) in [6.07, 6.45) is 12.7. The Morgan fingerprint density at radius 3 is 2.58 bits per heavy atom. The smallest absolute Gasteiger partial charge is 0.315 e. The van der Waals surface area contributed by atoms with Gasteiger partial charge in [-0.25, -0.2) is 9.78 Å². The minimum Gasteiger partial charge on any atom is -0.472 e. The Hall–Kier alpha value is -3.82. The fraction of sp³-hybridized carbons (Fsp3) is 0.533. The maximum absolute atomic E-state index is 13.3. The van der Waals surface area contributed by atoms with E-state index in [4.69, 9.17) is 14.1 Å². The summed E-state index contributed by atoms with van der Waals surface area (Å²) in [7, 11) is 0. The van der Waals surface area contributed by atoms with Gasteiger partial charge in [0.15, 0.2) is 0 Å². The number of urea groups is 1. The Morgan fingerprint density at radius 2 is 1.82 bits per heavy atom. The van der Waals surface area contributed by atoms with Gasteiger partial charge in [0.05, 0.1) is 35.9 Å². The lowest BCUT2D eigenvalue weighted by Gasteiger charge is -2.30. The summed E-state index contributed by atoms with van der Waals surface area (Å²) in [5.74, 6) is 0.415. The van der Waals surface area contributed by atoms with E-state index in [0.717, 1.165) is 54.5 Å². The van der Waals surface area contributed by atoms with Gasteiger partial charge >= 0.3 is 12.0 Å². The monoisotopic (exact) mass is 549 g/mol. The van der Waals surface area contributed by atoms with Gasteiger partial charge in [-0.15, -0.1) is 0 Å². The number of fused-ring (bicyclic) bond motifs is 1. The molecule has 0 bridgehead atoms. The second-order valence-corrected chi connectivity index (χ2v) is 10.8. The summed E-state index contributed by atoms with van der Waals surface area (Å²) in [5.41, 5.74) is 3.36. The Balaban J connectivity index is 1.22. The third kappa shape index (κ3) is 6.66. The third-order valence-corrected chi connectivity index (χ3v) is 7.94. The van der Waals surface area contributed by atoms with E-state index < -0.39 is 0 Å². The predicted octanol–water partition coefficient (Wildman–Crippen LogP) is 5.09. The summed E-state index contributed by atoms with van der Waals surface area (Å²) in [6, 6.07) is 7.70. The lowest BCUT2D eigenvalue weighted by molar-refractivity contribution is -0.142. The van der Waals surface area contributed by atoms with E-state index in [-0.39, 0.29) is 43.0 Å². The summed E-state index contributed by atoms with van der Waals surface area (Å²) in [6.45, 7) is 2.29. The first-order valence-electron chi connectivity index (χ1n) is 14.6. The highest BCUT2D eigenvalue weighted by molar-refractivity contribution is 5.98. The van der Waals surface area contributed by atoms with E-state index in [1.165, 1.54) is 19.3 Å². The highest BCUT2D eigenvalue weighted by Crippen LogP contribution is 2.36. The number of imidazole rings is 1. The second kappa shape index (κ2) is 13.0. The zero-order chi connectivity index (χ0) is 27.9. The van der Waals surface area contributed by atoms with Gasteiger partial charge in [0, 0.05) is 30.2 Å². The first-order valence-corrected chi connectivity index (χ1v) is 14.6. The average Bonchev–Trinajstić information content (AvgIpc) is 3.62. The molecule has 3 aromatic rings. The molecule has 2 saturated carbocycles. The van der Waals surface area contributed by atoms with Crippen LogP contribution in [0.5, 0.6) is 0 Å². The van der Waals surface area contributed by atoms with Crippen molar-refractivity contribution in [1.29, 1.82) is 0 Å². The number of furan rings is 1. The standard InChI is InChI=1S/C30H39N5O5/c1-2-40-27(36)13-15-31-30(38)33-23-8-6-7-22(18-23)32-29(37)20-11-12-26-25(17-20)34-28(21-14-16-39-19-21)35(26)24-9-4-3-5-10-24/h11-12,14,16-17,19,22-24H,2-10,13,15,18H2,1H3,(H,32,37)(H2,31,33,38). The molecule has 1 aromatic carbocycles. The first kappa shape index (κ1) is 27.7. The van der Waals surface area contributed by atoms with E-state index in [1.54, 1.807) is 19.5 Å². The molecular weight excluding hydrogens is 510 g/mol. The number of hydrogen-bond acceptors (Lipinski definition) is 6. The van der Waals surface area contributed by atoms with Crippen LogP contribution < -0.4 is 16.0 Å². The van der Waals surface area contributed by atoms with Crippen molar-refractivity contribution in [1.82, 2.24) is 25.5 Å². The fourth-order valence-electron chi connectivity index (χ4n) is 6.01. The van der Waals surface area contributed by atoms with Crippen LogP contribution >= 0.6 is 0 Å². The Kier molecular flexibility index (Phi) is 9.03. The van der Waals surface area contributed by atoms with Gasteiger partial charge < -0.3 is 29.7 Å². The number of hydrogen-bond donors (Lipinski definition) is 3. The van der Waals surface area contributed by atoms with E-state index in [2.05, 4.69) is 20.5 Å². The highest BCUT2D eigenvalue weighted by Gasteiger charge is 2.26. The van der Waals surface area contributed by atoms with Gasteiger partial charge in [-0.2, -0.15) is 0 Å². The Morgan fingerprint density at radius 1 is 1.02 bits per heavy atom. The van der Waals surface area contributed by atoms with Crippen LogP contribution in [0.2, 0.25) is 0 Å². The van der Waals surface area contributed by atoms with Crippen molar-refractivity contribution >= 4 is 28.9 Å². The first-order chi connectivity index (χ1) is 19.5. The molecule has 10 heteroatoms.